The van der Waals surface area contributed by atoms with Gasteiger partial charge in [0.15, 0.2) is 16.3 Å². The summed E-state index contributed by atoms with van der Waals surface area (Å²) in [7, 11) is 0. The minimum Gasteiger partial charge on any atom is -0.508 e. The number of thiocarbonyl (C=S) groups is 2. The van der Waals surface area contributed by atoms with E-state index in [4.69, 9.17) is 48.0 Å². The van der Waals surface area contributed by atoms with Gasteiger partial charge in [0.05, 0.1) is 22.0 Å². The number of benzene rings is 6. The number of aliphatic imine (C=N–C) groups is 1. The van der Waals surface area contributed by atoms with Crippen molar-refractivity contribution in [2.75, 3.05) is 51.1 Å². The SMILES string of the molecule is CCN(CC)CC.O=C1OC2(c3ccc(O)cc3Oc3cc(O)ccc32)c2ccc(N=C=S)cc21.[N-]=[N+]=NCCN.[N-]=[N+]=NCCNC(=S)Nc1ccc2c(c1)C(=O)OC21c2ccc(O)cc2Oc2cc(O)ccc21. The maximum atomic E-state index is 13.1. The Labute approximate surface area is 440 Å². The fourth-order valence-corrected chi connectivity index (χ4v) is 9.14. The molecule has 4 aliphatic heterocycles. The summed E-state index contributed by atoms with van der Waals surface area (Å²) in [4.78, 5) is 37.3. The third kappa shape index (κ3) is 11.1. The van der Waals surface area contributed by atoms with Gasteiger partial charge in [-0.3, -0.25) is 0 Å². The van der Waals surface area contributed by atoms with Gasteiger partial charge in [-0.1, -0.05) is 43.1 Å². The van der Waals surface area contributed by atoms with E-state index in [9.17, 15) is 30.0 Å². The molecule has 6 aromatic carbocycles. The third-order valence-corrected chi connectivity index (χ3v) is 12.5. The Kier molecular flexibility index (Phi) is 17.1. The van der Waals surface area contributed by atoms with E-state index in [1.807, 2.05) is 0 Å². The van der Waals surface area contributed by atoms with E-state index in [1.54, 1.807) is 60.7 Å². The Morgan fingerprint density at radius 2 is 1.05 bits per heavy atom. The van der Waals surface area contributed by atoms with Crippen molar-refractivity contribution in [1.82, 2.24) is 10.2 Å². The van der Waals surface area contributed by atoms with Gasteiger partial charge in [-0.05, 0) is 134 Å². The zero-order chi connectivity index (χ0) is 53.9. The molecule has 0 aromatic heterocycles. The van der Waals surface area contributed by atoms with Gasteiger partial charge in [-0.25, -0.2) is 9.59 Å². The number of isothiocyanates is 1. The minimum absolute atomic E-state index is 0.00715. The van der Waals surface area contributed by atoms with Crippen molar-refractivity contribution in [1.29, 1.82) is 0 Å². The fraction of sp³-hybridized carbons (Fsp3) is 0.231. The average molecular weight is 1050 g/mol. The lowest BCUT2D eigenvalue weighted by Crippen LogP contribution is -2.33. The average Bonchev–Trinajstić information content (AvgIpc) is 3.91. The quantitative estimate of drug-likeness (QED) is 0.0128. The van der Waals surface area contributed by atoms with Crippen molar-refractivity contribution in [3.05, 3.63) is 175 Å². The smallest absolute Gasteiger partial charge is 0.340 e. The maximum Gasteiger partial charge on any atom is 0.340 e. The monoisotopic (exact) mass is 1050 g/mol. The predicted molar refractivity (Wildman–Crippen MR) is 286 cm³/mol. The molecule has 4 aliphatic rings. The number of fused-ring (bicyclic) bond motifs is 12. The second kappa shape index (κ2) is 23.8. The number of rotatable bonds is 10. The number of nitrogens with zero attached hydrogens (tertiary/aromatic N) is 8. The molecule has 0 unspecified atom stereocenters. The van der Waals surface area contributed by atoms with E-state index in [1.165, 1.54) is 68.2 Å². The molecule has 0 amide bonds. The Morgan fingerprint density at radius 1 is 0.640 bits per heavy atom. The highest BCUT2D eigenvalue weighted by Gasteiger charge is 2.55. The molecular weight excluding hydrogens is 1000 g/mol. The molecule has 8 N–H and O–H groups in total. The molecule has 0 bridgehead atoms. The largest absolute Gasteiger partial charge is 0.508 e. The molecule has 384 valence electrons. The molecule has 0 fully saturated rings. The molecule has 0 saturated heterocycles. The van der Waals surface area contributed by atoms with Crippen LogP contribution >= 0.6 is 24.4 Å². The van der Waals surface area contributed by atoms with Gasteiger partial charge in [-0.2, -0.15) is 4.99 Å². The summed E-state index contributed by atoms with van der Waals surface area (Å²) in [5.41, 5.74) is 23.5. The van der Waals surface area contributed by atoms with Gasteiger partial charge < -0.3 is 60.6 Å². The number of carbonyl (C=O) groups excluding carboxylic acids is 2. The minimum atomic E-state index is -1.32. The molecule has 0 saturated carbocycles. The van der Waals surface area contributed by atoms with Crippen LogP contribution < -0.4 is 25.8 Å². The lowest BCUT2D eigenvalue weighted by molar-refractivity contribution is 0.0214. The number of hydrogen-bond donors (Lipinski definition) is 7. The first-order chi connectivity index (χ1) is 36.2. The number of ether oxygens (including phenoxy) is 4. The van der Waals surface area contributed by atoms with Gasteiger partial charge >= 0.3 is 11.9 Å². The van der Waals surface area contributed by atoms with Crippen molar-refractivity contribution < 1.29 is 49.0 Å². The van der Waals surface area contributed by atoms with Crippen molar-refractivity contribution in [3.8, 4) is 46.0 Å². The standard InChI is InChI=1S/C23H17N5O5S.C21H11NO5S.C6H15N.C2H6N4/c24-28-26-8-7-25-22(34)27-12-1-4-16-15(9-12)21(31)33-23(16)17-5-2-13(29)10-19(17)32-20-11-14(30)3-6-18(20)23;23-12-2-5-16-18(8-12)26-19-9-13(24)3-6-17(19)21(16)15-4-1-11(22-10-28)7-14(15)20(25)27-21;1-4-7(5-2)6-3;3-1-2-5-6-4/h1-6,9-11,29-30H,7-8H2,(H2,25,27,34);1-9,23-24H;4-6H2,1-3H3;1-3H2. The second-order valence-corrected chi connectivity index (χ2v) is 17.0. The number of anilines is 1. The van der Waals surface area contributed by atoms with Crippen LogP contribution in [0.2, 0.25) is 0 Å². The topological polar surface area (TPSA) is 315 Å². The summed E-state index contributed by atoms with van der Waals surface area (Å²) in [6.45, 7) is 11.6. The van der Waals surface area contributed by atoms with E-state index >= 15 is 0 Å². The Bertz CT molecular complexity index is 3230. The molecule has 4 heterocycles. The van der Waals surface area contributed by atoms with Gasteiger partial charge in [0.25, 0.3) is 0 Å². The molecule has 6 aromatic rings. The van der Waals surface area contributed by atoms with Crippen molar-refractivity contribution in [2.24, 2.45) is 21.0 Å². The molecule has 0 aliphatic carbocycles. The Hall–Kier alpha value is -8.91. The molecule has 0 atom stereocenters. The van der Waals surface area contributed by atoms with E-state index in [0.29, 0.717) is 104 Å². The fourth-order valence-electron chi connectivity index (χ4n) is 8.81. The van der Waals surface area contributed by atoms with Crippen molar-refractivity contribution >= 4 is 58.0 Å². The summed E-state index contributed by atoms with van der Waals surface area (Å²) in [6.07, 6.45) is 0. The van der Waals surface area contributed by atoms with Crippen molar-refractivity contribution in [2.45, 2.75) is 32.0 Å². The van der Waals surface area contributed by atoms with Gasteiger partial charge in [0.2, 0.25) is 0 Å². The first-order valence-corrected chi connectivity index (χ1v) is 24.1. The Morgan fingerprint density at radius 3 is 1.44 bits per heavy atom. The highest BCUT2D eigenvalue weighted by Crippen LogP contribution is 2.59. The van der Waals surface area contributed by atoms with Crippen LogP contribution in [-0.4, -0.2) is 93.4 Å². The number of nitrogens with two attached hydrogens (primary N) is 1. The zero-order valence-electron chi connectivity index (χ0n) is 40.6. The number of esters is 2. The normalized spacial score (nSPS) is 13.5. The summed E-state index contributed by atoms with van der Waals surface area (Å²) >= 11 is 9.89. The van der Waals surface area contributed by atoms with E-state index in [2.05, 4.69) is 78.7 Å². The van der Waals surface area contributed by atoms with E-state index in [0.717, 1.165) is 0 Å². The molecule has 75 heavy (non-hydrogen) atoms. The zero-order valence-corrected chi connectivity index (χ0v) is 42.2. The summed E-state index contributed by atoms with van der Waals surface area (Å²) in [5.74, 6) is 0.223. The summed E-state index contributed by atoms with van der Waals surface area (Å²) < 4.78 is 23.8. The van der Waals surface area contributed by atoms with Crippen LogP contribution in [0.4, 0.5) is 11.4 Å². The second-order valence-electron chi connectivity index (χ2n) is 16.5. The van der Waals surface area contributed by atoms with Gasteiger partial charge in [0.1, 0.15) is 46.0 Å². The van der Waals surface area contributed by atoms with Crippen LogP contribution in [0.15, 0.2) is 124 Å². The number of phenolic OH excluding ortho intramolecular Hbond substituents is 4. The van der Waals surface area contributed by atoms with Crippen LogP contribution in [0.5, 0.6) is 46.0 Å². The lowest BCUT2D eigenvalue weighted by atomic mass is 9.77. The number of hydrogen-bond acceptors (Lipinski definition) is 17. The molecule has 10 rings (SSSR count). The molecule has 2 spiro atoms. The number of phenols is 4. The number of nitrogens with one attached hydrogen (secondary N) is 2. The number of azide groups is 2. The number of aromatic hydroxyl groups is 4. The predicted octanol–water partition coefficient (Wildman–Crippen LogP) is 10.3. The first kappa shape index (κ1) is 53.9. The summed E-state index contributed by atoms with van der Waals surface area (Å²) in [6, 6.07) is 28.6. The van der Waals surface area contributed by atoms with Crippen LogP contribution in [0.25, 0.3) is 20.9 Å². The molecule has 0 radical (unpaired) electrons. The first-order valence-electron chi connectivity index (χ1n) is 23.2. The lowest BCUT2D eigenvalue weighted by Gasteiger charge is -2.36. The van der Waals surface area contributed by atoms with Gasteiger partial charge in [0, 0.05) is 92.8 Å². The third-order valence-electron chi connectivity index (χ3n) is 12.2. The number of carbonyl (C=O) groups is 2. The van der Waals surface area contributed by atoms with Crippen LogP contribution in [0, 0.1) is 0 Å². The Balaban J connectivity index is 0.000000179. The highest BCUT2D eigenvalue weighted by molar-refractivity contribution is 7.80. The maximum absolute atomic E-state index is 13.1. The van der Waals surface area contributed by atoms with E-state index < -0.39 is 23.1 Å². The molecular formula is C52H49N11O10S2. The molecule has 23 heteroatoms. The van der Waals surface area contributed by atoms with Crippen molar-refractivity contribution in [3.63, 3.8) is 0 Å². The van der Waals surface area contributed by atoms with Crippen LogP contribution in [0.3, 0.4) is 0 Å². The van der Waals surface area contributed by atoms with E-state index in [-0.39, 0.29) is 29.5 Å². The van der Waals surface area contributed by atoms with Crippen LogP contribution in [0.1, 0.15) is 74.9 Å². The van der Waals surface area contributed by atoms with Crippen LogP contribution in [-0.2, 0) is 20.7 Å². The summed E-state index contributed by atoms with van der Waals surface area (Å²) in [5, 5.41) is 54.9. The molecule has 21 nitrogen and oxygen atoms in total. The van der Waals surface area contributed by atoms with Gasteiger partial charge in [-0.15, -0.1) is 0 Å². The highest BCUT2D eigenvalue weighted by atomic mass is 32.1.